The van der Waals surface area contributed by atoms with Gasteiger partial charge in [-0.25, -0.2) is 4.99 Å². The molecule has 2 aromatic carbocycles. The Bertz CT molecular complexity index is 663. The van der Waals surface area contributed by atoms with Crippen molar-refractivity contribution in [2.45, 2.75) is 6.54 Å². The Hall–Kier alpha value is -2.62. The lowest BCUT2D eigenvalue weighted by Crippen LogP contribution is -2.16. The van der Waals surface area contributed by atoms with Crippen LogP contribution < -0.4 is 10.4 Å². The van der Waals surface area contributed by atoms with E-state index in [4.69, 9.17) is 0 Å². The van der Waals surface area contributed by atoms with Crippen molar-refractivity contribution >= 4 is 17.5 Å². The van der Waals surface area contributed by atoms with Gasteiger partial charge in [0.05, 0.1) is 5.56 Å². The minimum Gasteiger partial charge on any atom is -0.858 e. The van der Waals surface area contributed by atoms with Crippen molar-refractivity contribution < 1.29 is 9.90 Å². The van der Waals surface area contributed by atoms with Gasteiger partial charge in [-0.1, -0.05) is 42.5 Å². The number of benzene rings is 2. The summed E-state index contributed by atoms with van der Waals surface area (Å²) in [6, 6.07) is 15.0. The maximum atomic E-state index is 11.7. The zero-order valence-corrected chi connectivity index (χ0v) is 10.1. The summed E-state index contributed by atoms with van der Waals surface area (Å²) in [6.07, 6.45) is 0. The summed E-state index contributed by atoms with van der Waals surface area (Å²) >= 11 is 0. The van der Waals surface area contributed by atoms with Crippen LogP contribution in [0.3, 0.4) is 0 Å². The van der Waals surface area contributed by atoms with Gasteiger partial charge in [-0.05, 0) is 17.5 Å². The van der Waals surface area contributed by atoms with E-state index in [0.717, 1.165) is 5.56 Å². The molecule has 0 aromatic heterocycles. The van der Waals surface area contributed by atoms with E-state index in [-0.39, 0.29) is 0 Å². The Labute approximate surface area is 110 Å². The molecule has 0 unspecified atom stereocenters. The maximum absolute atomic E-state index is 11.7. The first-order valence-electron chi connectivity index (χ1n) is 5.97. The molecule has 1 heterocycles. The second kappa shape index (κ2) is 4.57. The van der Waals surface area contributed by atoms with E-state index in [9.17, 15) is 9.90 Å². The summed E-state index contributed by atoms with van der Waals surface area (Å²) in [5.74, 6) is -0.917. The average Bonchev–Trinajstić information content (AvgIpc) is 2.74. The molecule has 0 spiro atoms. The van der Waals surface area contributed by atoms with Crippen molar-refractivity contribution in [3.63, 3.8) is 0 Å². The third kappa shape index (κ3) is 2.08. The molecule has 0 bridgehead atoms. The van der Waals surface area contributed by atoms with Crippen LogP contribution in [0.15, 0.2) is 53.5 Å². The minimum atomic E-state index is -0.462. The second-order valence-corrected chi connectivity index (χ2v) is 4.29. The molecule has 0 saturated carbocycles. The molecule has 3 rings (SSSR count). The molecule has 1 aliphatic heterocycles. The van der Waals surface area contributed by atoms with Gasteiger partial charge in [-0.15, -0.1) is 0 Å². The van der Waals surface area contributed by atoms with Crippen molar-refractivity contribution in [1.29, 1.82) is 0 Å². The van der Waals surface area contributed by atoms with Crippen LogP contribution in [-0.4, -0.2) is 11.8 Å². The summed E-state index contributed by atoms with van der Waals surface area (Å²) < 4.78 is 0. The predicted molar refractivity (Wildman–Crippen MR) is 71.1 cm³/mol. The van der Waals surface area contributed by atoms with Crippen molar-refractivity contribution in [3.8, 4) is 0 Å². The highest BCUT2D eigenvalue weighted by molar-refractivity contribution is 6.19. The van der Waals surface area contributed by atoms with E-state index in [1.54, 1.807) is 18.2 Å². The maximum Gasteiger partial charge on any atom is 0.279 e. The SMILES string of the molecule is O=C1N=C([O-])c2cccc(NCc3ccccc3)c21. The molecular weight excluding hydrogens is 240 g/mol. The van der Waals surface area contributed by atoms with Crippen LogP contribution in [-0.2, 0) is 6.54 Å². The van der Waals surface area contributed by atoms with Crippen LogP contribution in [0, 0.1) is 0 Å². The lowest BCUT2D eigenvalue weighted by molar-refractivity contribution is -0.212. The largest absolute Gasteiger partial charge is 0.858 e. The van der Waals surface area contributed by atoms with Crippen LogP contribution in [0.2, 0.25) is 0 Å². The number of anilines is 1. The molecule has 0 radical (unpaired) electrons. The number of nitrogens with one attached hydrogen (secondary N) is 1. The van der Waals surface area contributed by atoms with Gasteiger partial charge in [0.25, 0.3) is 5.91 Å². The number of aliphatic imine (C=N–C) groups is 1. The predicted octanol–water partition coefficient (Wildman–Crippen LogP) is 1.56. The van der Waals surface area contributed by atoms with Crippen molar-refractivity contribution in [1.82, 2.24) is 0 Å². The number of rotatable bonds is 3. The van der Waals surface area contributed by atoms with E-state index >= 15 is 0 Å². The molecule has 2 aromatic rings. The Morgan fingerprint density at radius 2 is 1.84 bits per heavy atom. The third-order valence-corrected chi connectivity index (χ3v) is 3.04. The highest BCUT2D eigenvalue weighted by atomic mass is 16.3. The first-order valence-corrected chi connectivity index (χ1v) is 5.97. The molecule has 4 nitrogen and oxygen atoms in total. The number of amides is 1. The van der Waals surface area contributed by atoms with Crippen molar-refractivity contribution in [3.05, 3.63) is 65.2 Å². The van der Waals surface area contributed by atoms with Gasteiger partial charge >= 0.3 is 0 Å². The lowest BCUT2D eigenvalue weighted by atomic mass is 10.1. The van der Waals surface area contributed by atoms with Gasteiger partial charge in [-0.3, -0.25) is 4.79 Å². The smallest absolute Gasteiger partial charge is 0.279 e. The number of carbonyl (C=O) groups is 1. The zero-order valence-electron chi connectivity index (χ0n) is 10.1. The van der Waals surface area contributed by atoms with E-state index in [1.165, 1.54) is 0 Å². The van der Waals surface area contributed by atoms with Crippen molar-refractivity contribution in [2.75, 3.05) is 5.32 Å². The Morgan fingerprint density at radius 1 is 1.05 bits per heavy atom. The van der Waals surface area contributed by atoms with Gasteiger partial charge in [0, 0.05) is 17.8 Å². The quantitative estimate of drug-likeness (QED) is 0.900. The first kappa shape index (κ1) is 11.5. The first-order chi connectivity index (χ1) is 9.25. The van der Waals surface area contributed by atoms with E-state index < -0.39 is 11.8 Å². The standard InChI is InChI=1S/C15H12N2O2/c18-14-11-7-4-8-12(13(11)15(19)17-14)16-9-10-5-2-1-3-6-10/h1-8,16H,9H2,(H,17,18,19)/p-1. The highest BCUT2D eigenvalue weighted by Gasteiger charge is 2.21. The summed E-state index contributed by atoms with van der Waals surface area (Å²) in [5, 5.41) is 14.7. The molecule has 1 aliphatic rings. The van der Waals surface area contributed by atoms with Crippen LogP contribution in [0.4, 0.5) is 5.69 Å². The number of carbonyl (C=O) groups excluding carboxylic acids is 1. The van der Waals surface area contributed by atoms with Gasteiger partial charge in [0.2, 0.25) is 0 Å². The van der Waals surface area contributed by atoms with E-state index in [0.29, 0.717) is 23.4 Å². The minimum absolute atomic E-state index is 0.378. The average molecular weight is 251 g/mol. The molecule has 0 fully saturated rings. The molecule has 0 saturated heterocycles. The van der Waals surface area contributed by atoms with Crippen LogP contribution in [0.5, 0.6) is 0 Å². The normalized spacial score (nSPS) is 13.1. The molecule has 1 amide bonds. The monoisotopic (exact) mass is 251 g/mol. The van der Waals surface area contributed by atoms with Gasteiger partial charge in [-0.2, -0.15) is 0 Å². The molecule has 4 heteroatoms. The highest BCUT2D eigenvalue weighted by Crippen LogP contribution is 2.25. The number of fused-ring (bicyclic) bond motifs is 1. The fraction of sp³-hybridized carbons (Fsp3) is 0.0667. The summed E-state index contributed by atoms with van der Waals surface area (Å²) in [6.45, 7) is 0.596. The molecule has 1 N–H and O–H groups in total. The van der Waals surface area contributed by atoms with Crippen LogP contribution in [0.1, 0.15) is 21.5 Å². The second-order valence-electron chi connectivity index (χ2n) is 4.29. The molecule has 19 heavy (non-hydrogen) atoms. The third-order valence-electron chi connectivity index (χ3n) is 3.04. The Kier molecular flexibility index (Phi) is 2.76. The summed E-state index contributed by atoms with van der Waals surface area (Å²) in [4.78, 5) is 15.1. The topological polar surface area (TPSA) is 64.5 Å². The lowest BCUT2D eigenvalue weighted by Gasteiger charge is -2.11. The van der Waals surface area contributed by atoms with Gasteiger partial charge in [0.15, 0.2) is 0 Å². The van der Waals surface area contributed by atoms with Crippen LogP contribution in [0.25, 0.3) is 0 Å². The van der Waals surface area contributed by atoms with Gasteiger partial charge < -0.3 is 10.4 Å². The van der Waals surface area contributed by atoms with E-state index in [2.05, 4.69) is 10.3 Å². The number of hydrogen-bond acceptors (Lipinski definition) is 3. The van der Waals surface area contributed by atoms with Crippen LogP contribution >= 0.6 is 0 Å². The summed E-state index contributed by atoms with van der Waals surface area (Å²) in [7, 11) is 0. The van der Waals surface area contributed by atoms with E-state index in [1.807, 2.05) is 30.3 Å². The molecular formula is C15H11N2O2-. The molecule has 94 valence electrons. The fourth-order valence-corrected chi connectivity index (χ4v) is 2.11. The van der Waals surface area contributed by atoms with Crippen molar-refractivity contribution in [2.24, 2.45) is 4.99 Å². The fourth-order valence-electron chi connectivity index (χ4n) is 2.11. The molecule has 0 aliphatic carbocycles. The number of hydrogen-bond donors (Lipinski definition) is 1. The summed E-state index contributed by atoms with van der Waals surface area (Å²) in [5.41, 5.74) is 2.52. The number of nitrogens with zero attached hydrogens (tertiary/aromatic N) is 1. The zero-order chi connectivity index (χ0) is 13.2. The Morgan fingerprint density at radius 3 is 2.63 bits per heavy atom. The van der Waals surface area contributed by atoms with Gasteiger partial charge in [0.1, 0.15) is 0 Å². The Balaban J connectivity index is 1.86. The molecule has 0 atom stereocenters.